The number of aliphatic hydroxyl groups is 1. The van der Waals surface area contributed by atoms with Gasteiger partial charge in [0.25, 0.3) is 0 Å². The molecule has 1 aromatic heterocycles. The minimum atomic E-state index is -1.03. The molecule has 0 aliphatic rings. The molecule has 1 atom stereocenters. The smallest absolute Gasteiger partial charge is 0.137 e. The van der Waals surface area contributed by atoms with Crippen molar-refractivity contribution in [2.45, 2.75) is 26.4 Å². The number of nitrogens with two attached hydrogens (primary N) is 1. The fourth-order valence-corrected chi connectivity index (χ4v) is 1.29. The first-order valence-corrected chi connectivity index (χ1v) is 4.50. The summed E-state index contributed by atoms with van der Waals surface area (Å²) in [6, 6.07) is 3.61. The van der Waals surface area contributed by atoms with Gasteiger partial charge in [-0.2, -0.15) is 0 Å². The fourth-order valence-electron chi connectivity index (χ4n) is 1.29. The van der Waals surface area contributed by atoms with Crippen molar-refractivity contribution < 1.29 is 9.52 Å². The van der Waals surface area contributed by atoms with Gasteiger partial charge in [-0.05, 0) is 25.0 Å². The summed E-state index contributed by atoms with van der Waals surface area (Å²) in [5.74, 6) is 1.40. The van der Waals surface area contributed by atoms with E-state index in [1.165, 1.54) is 0 Å². The molecule has 3 N–H and O–H groups in total. The third-order valence-corrected chi connectivity index (χ3v) is 2.43. The van der Waals surface area contributed by atoms with Gasteiger partial charge in [-0.3, -0.25) is 0 Å². The Morgan fingerprint density at radius 3 is 2.46 bits per heavy atom. The summed E-state index contributed by atoms with van der Waals surface area (Å²) in [6.07, 6.45) is 0. The van der Waals surface area contributed by atoms with Crippen LogP contribution in [0.1, 0.15) is 25.4 Å². The minimum Gasteiger partial charge on any atom is -0.463 e. The molecule has 0 aromatic carbocycles. The molecule has 0 saturated heterocycles. The van der Waals surface area contributed by atoms with E-state index in [1.54, 1.807) is 6.07 Å². The van der Waals surface area contributed by atoms with Gasteiger partial charge < -0.3 is 15.3 Å². The lowest BCUT2D eigenvalue weighted by molar-refractivity contribution is -0.0212. The van der Waals surface area contributed by atoms with Gasteiger partial charge in [0.1, 0.15) is 17.1 Å². The van der Waals surface area contributed by atoms with Crippen LogP contribution in [0.5, 0.6) is 0 Å². The van der Waals surface area contributed by atoms with Gasteiger partial charge in [-0.15, -0.1) is 0 Å². The van der Waals surface area contributed by atoms with E-state index < -0.39 is 5.60 Å². The second kappa shape index (κ2) is 3.52. The van der Waals surface area contributed by atoms with Gasteiger partial charge in [0.2, 0.25) is 0 Å². The lowest BCUT2D eigenvalue weighted by Crippen LogP contribution is -2.39. The largest absolute Gasteiger partial charge is 0.463 e. The summed E-state index contributed by atoms with van der Waals surface area (Å²) >= 11 is 0. The average Bonchev–Trinajstić information content (AvgIpc) is 2.50. The molecule has 74 valence electrons. The zero-order valence-corrected chi connectivity index (χ0v) is 8.37. The number of hydrogen-bond donors (Lipinski definition) is 2. The monoisotopic (exact) mass is 183 g/mol. The standard InChI is InChI=1S/C10H17NO2/c1-7(2)10(12,6-11)9-5-4-8(3)13-9/h4-5,7,12H,6,11H2,1-3H3. The van der Waals surface area contributed by atoms with Crippen molar-refractivity contribution in [2.24, 2.45) is 11.7 Å². The molecule has 0 aliphatic carbocycles. The van der Waals surface area contributed by atoms with E-state index >= 15 is 0 Å². The second-order valence-electron chi connectivity index (χ2n) is 3.69. The van der Waals surface area contributed by atoms with Crippen molar-refractivity contribution in [3.8, 4) is 0 Å². The maximum absolute atomic E-state index is 10.2. The zero-order valence-electron chi connectivity index (χ0n) is 8.37. The Hall–Kier alpha value is -0.800. The van der Waals surface area contributed by atoms with Gasteiger partial charge in [-0.25, -0.2) is 0 Å². The molecule has 0 fully saturated rings. The van der Waals surface area contributed by atoms with Crippen molar-refractivity contribution in [3.63, 3.8) is 0 Å². The van der Waals surface area contributed by atoms with E-state index in [1.807, 2.05) is 26.8 Å². The Morgan fingerprint density at radius 2 is 2.15 bits per heavy atom. The zero-order chi connectivity index (χ0) is 10.1. The average molecular weight is 183 g/mol. The van der Waals surface area contributed by atoms with Crippen LogP contribution in [-0.4, -0.2) is 11.7 Å². The molecule has 1 unspecified atom stereocenters. The third-order valence-electron chi connectivity index (χ3n) is 2.43. The first-order chi connectivity index (χ1) is 6.00. The van der Waals surface area contributed by atoms with Crippen LogP contribution in [0.25, 0.3) is 0 Å². The van der Waals surface area contributed by atoms with Crippen LogP contribution in [0.15, 0.2) is 16.5 Å². The molecule has 3 heteroatoms. The highest BCUT2D eigenvalue weighted by Crippen LogP contribution is 2.29. The van der Waals surface area contributed by atoms with E-state index in [0.717, 1.165) is 5.76 Å². The highest BCUT2D eigenvalue weighted by atomic mass is 16.4. The molecule has 0 amide bonds. The summed E-state index contributed by atoms with van der Waals surface area (Å²) in [6.45, 7) is 5.87. The maximum atomic E-state index is 10.2. The summed E-state index contributed by atoms with van der Waals surface area (Å²) in [4.78, 5) is 0. The van der Waals surface area contributed by atoms with Crippen LogP contribution in [0.3, 0.4) is 0 Å². The van der Waals surface area contributed by atoms with Crippen LogP contribution in [-0.2, 0) is 5.60 Å². The Morgan fingerprint density at radius 1 is 1.54 bits per heavy atom. The number of aryl methyl sites for hydroxylation is 1. The van der Waals surface area contributed by atoms with Crippen LogP contribution in [0, 0.1) is 12.8 Å². The van der Waals surface area contributed by atoms with Crippen molar-refractivity contribution in [2.75, 3.05) is 6.54 Å². The molecule has 0 bridgehead atoms. The molecule has 0 saturated carbocycles. The quantitative estimate of drug-likeness (QED) is 0.744. The lowest BCUT2D eigenvalue weighted by Gasteiger charge is -2.28. The van der Waals surface area contributed by atoms with Gasteiger partial charge in [0.05, 0.1) is 0 Å². The summed E-state index contributed by atoms with van der Waals surface area (Å²) in [7, 11) is 0. The predicted molar refractivity (Wildman–Crippen MR) is 51.2 cm³/mol. The van der Waals surface area contributed by atoms with Crippen LogP contribution in [0.2, 0.25) is 0 Å². The Kier molecular flexibility index (Phi) is 2.78. The first-order valence-electron chi connectivity index (χ1n) is 4.50. The molecule has 0 spiro atoms. The normalized spacial score (nSPS) is 16.2. The highest BCUT2D eigenvalue weighted by molar-refractivity contribution is 5.14. The molecule has 3 nitrogen and oxygen atoms in total. The molecule has 0 radical (unpaired) electrons. The molecule has 13 heavy (non-hydrogen) atoms. The van der Waals surface area contributed by atoms with E-state index in [4.69, 9.17) is 10.2 Å². The Labute approximate surface area is 78.5 Å². The topological polar surface area (TPSA) is 59.4 Å². The summed E-state index contributed by atoms with van der Waals surface area (Å²) < 4.78 is 5.37. The van der Waals surface area contributed by atoms with Crippen LogP contribution in [0.4, 0.5) is 0 Å². The van der Waals surface area contributed by atoms with Crippen molar-refractivity contribution >= 4 is 0 Å². The third kappa shape index (κ3) is 1.76. The number of hydrogen-bond acceptors (Lipinski definition) is 3. The second-order valence-corrected chi connectivity index (χ2v) is 3.69. The number of rotatable bonds is 3. The molecule has 1 heterocycles. The van der Waals surface area contributed by atoms with Crippen molar-refractivity contribution in [1.82, 2.24) is 0 Å². The first kappa shape index (κ1) is 10.3. The fraction of sp³-hybridized carbons (Fsp3) is 0.600. The minimum absolute atomic E-state index is 0.0445. The molecule has 0 aliphatic heterocycles. The Balaban J connectivity index is 3.02. The summed E-state index contributed by atoms with van der Waals surface area (Å²) in [5.41, 5.74) is 4.51. The molecular weight excluding hydrogens is 166 g/mol. The van der Waals surface area contributed by atoms with E-state index in [2.05, 4.69) is 0 Å². The van der Waals surface area contributed by atoms with E-state index in [0.29, 0.717) is 5.76 Å². The molecule has 1 aromatic rings. The Bertz CT molecular complexity index is 280. The number of furan rings is 1. The van der Waals surface area contributed by atoms with Gasteiger partial charge in [0, 0.05) is 6.54 Å². The van der Waals surface area contributed by atoms with Gasteiger partial charge in [0.15, 0.2) is 0 Å². The van der Waals surface area contributed by atoms with Gasteiger partial charge in [-0.1, -0.05) is 13.8 Å². The van der Waals surface area contributed by atoms with Crippen molar-refractivity contribution in [3.05, 3.63) is 23.7 Å². The maximum Gasteiger partial charge on any atom is 0.137 e. The predicted octanol–water partition coefficient (Wildman–Crippen LogP) is 1.39. The molecular formula is C10H17NO2. The molecule has 1 rings (SSSR count). The van der Waals surface area contributed by atoms with E-state index in [-0.39, 0.29) is 12.5 Å². The van der Waals surface area contributed by atoms with Crippen molar-refractivity contribution in [1.29, 1.82) is 0 Å². The summed E-state index contributed by atoms with van der Waals surface area (Å²) in [5, 5.41) is 10.2. The van der Waals surface area contributed by atoms with Gasteiger partial charge >= 0.3 is 0 Å². The highest BCUT2D eigenvalue weighted by Gasteiger charge is 2.34. The van der Waals surface area contributed by atoms with Crippen LogP contribution >= 0.6 is 0 Å². The SMILES string of the molecule is Cc1ccc(C(O)(CN)C(C)C)o1. The lowest BCUT2D eigenvalue weighted by atomic mass is 9.88. The van der Waals surface area contributed by atoms with Crippen LogP contribution < -0.4 is 5.73 Å². The van der Waals surface area contributed by atoms with E-state index in [9.17, 15) is 5.11 Å².